The molecule has 0 bridgehead atoms. The Bertz CT molecular complexity index is 426. The molecule has 0 aliphatic rings. The van der Waals surface area contributed by atoms with Gasteiger partial charge in [-0.2, -0.15) is 0 Å². The Morgan fingerprint density at radius 3 is 2.94 bits per heavy atom. The number of aryl methyl sites for hydroxylation is 2. The zero-order valence-corrected chi connectivity index (χ0v) is 10.1. The molecular formula is C12H19N3O2. The quantitative estimate of drug-likeness (QED) is 0.731. The summed E-state index contributed by atoms with van der Waals surface area (Å²) in [4.78, 5) is 22.8. The summed E-state index contributed by atoms with van der Waals surface area (Å²) in [5, 5.41) is 2.69. The number of nitrogens with two attached hydrogens (primary N) is 1. The summed E-state index contributed by atoms with van der Waals surface area (Å²) in [6, 6.07) is 3.48. The topological polar surface area (TPSA) is 77.1 Å². The molecule has 1 amide bonds. The molecule has 5 nitrogen and oxygen atoms in total. The molecule has 0 aliphatic heterocycles. The summed E-state index contributed by atoms with van der Waals surface area (Å²) in [5.74, 6) is -0.0180. The van der Waals surface area contributed by atoms with Crippen molar-refractivity contribution in [3.8, 4) is 0 Å². The van der Waals surface area contributed by atoms with Gasteiger partial charge < -0.3 is 15.6 Å². The van der Waals surface area contributed by atoms with E-state index >= 15 is 0 Å². The summed E-state index contributed by atoms with van der Waals surface area (Å²) in [5.41, 5.74) is 6.20. The largest absolute Gasteiger partial charge is 0.355 e. The van der Waals surface area contributed by atoms with Gasteiger partial charge in [-0.25, -0.2) is 0 Å². The Balaban J connectivity index is 2.36. The molecule has 1 aromatic heterocycles. The van der Waals surface area contributed by atoms with Crippen LogP contribution in [0, 0.1) is 6.92 Å². The molecule has 0 atom stereocenters. The van der Waals surface area contributed by atoms with Crippen molar-refractivity contribution in [1.82, 2.24) is 9.88 Å². The second-order valence-corrected chi connectivity index (χ2v) is 3.98. The van der Waals surface area contributed by atoms with Crippen LogP contribution in [0.25, 0.3) is 0 Å². The van der Waals surface area contributed by atoms with Crippen molar-refractivity contribution in [2.75, 3.05) is 13.1 Å². The van der Waals surface area contributed by atoms with Crippen LogP contribution in [0.3, 0.4) is 0 Å². The fourth-order valence-corrected chi connectivity index (χ4v) is 1.50. The van der Waals surface area contributed by atoms with Gasteiger partial charge in [-0.3, -0.25) is 9.59 Å². The number of carbonyl (C=O) groups is 1. The predicted molar refractivity (Wildman–Crippen MR) is 66.7 cm³/mol. The highest BCUT2D eigenvalue weighted by atomic mass is 16.1. The Morgan fingerprint density at radius 2 is 2.29 bits per heavy atom. The highest BCUT2D eigenvalue weighted by Gasteiger charge is 2.01. The SMILES string of the molecule is Cc1ccn(CCCC(=O)NCCN)c(=O)c1. The van der Waals surface area contributed by atoms with Crippen LogP contribution in [-0.2, 0) is 11.3 Å². The van der Waals surface area contributed by atoms with E-state index in [1.54, 1.807) is 16.8 Å². The maximum absolute atomic E-state index is 11.5. The number of nitrogens with zero attached hydrogens (tertiary/aromatic N) is 1. The van der Waals surface area contributed by atoms with Crippen molar-refractivity contribution >= 4 is 5.91 Å². The number of nitrogens with one attached hydrogen (secondary N) is 1. The van der Waals surface area contributed by atoms with Crippen molar-refractivity contribution in [2.24, 2.45) is 5.73 Å². The Hall–Kier alpha value is -1.62. The van der Waals surface area contributed by atoms with Gasteiger partial charge in [-0.05, 0) is 25.0 Å². The van der Waals surface area contributed by atoms with Crippen LogP contribution in [0.5, 0.6) is 0 Å². The van der Waals surface area contributed by atoms with Crippen LogP contribution in [0.1, 0.15) is 18.4 Å². The van der Waals surface area contributed by atoms with Crippen LogP contribution in [0.2, 0.25) is 0 Å². The number of carbonyl (C=O) groups excluding carboxylic acids is 1. The number of amides is 1. The van der Waals surface area contributed by atoms with Crippen LogP contribution < -0.4 is 16.6 Å². The van der Waals surface area contributed by atoms with Crippen LogP contribution in [0.15, 0.2) is 23.1 Å². The monoisotopic (exact) mass is 237 g/mol. The Morgan fingerprint density at radius 1 is 1.53 bits per heavy atom. The molecule has 0 saturated carbocycles. The highest BCUT2D eigenvalue weighted by Crippen LogP contribution is 1.95. The zero-order valence-electron chi connectivity index (χ0n) is 10.1. The van der Waals surface area contributed by atoms with Crippen molar-refractivity contribution in [2.45, 2.75) is 26.3 Å². The van der Waals surface area contributed by atoms with E-state index < -0.39 is 0 Å². The third kappa shape index (κ3) is 4.82. The zero-order chi connectivity index (χ0) is 12.7. The van der Waals surface area contributed by atoms with Gasteiger partial charge in [0, 0.05) is 38.3 Å². The number of hydrogen-bond acceptors (Lipinski definition) is 3. The first-order valence-corrected chi connectivity index (χ1v) is 5.77. The van der Waals surface area contributed by atoms with Gasteiger partial charge in [0.05, 0.1) is 0 Å². The Kier molecular flexibility index (Phi) is 5.42. The predicted octanol–water partition coefficient (Wildman–Crippen LogP) is 0.0118. The molecule has 17 heavy (non-hydrogen) atoms. The average Bonchev–Trinajstić information content (AvgIpc) is 2.29. The molecule has 5 heteroatoms. The van der Waals surface area contributed by atoms with E-state index in [4.69, 9.17) is 5.73 Å². The summed E-state index contributed by atoms with van der Waals surface area (Å²) >= 11 is 0. The maximum atomic E-state index is 11.5. The Labute approximate surface area is 101 Å². The first-order valence-electron chi connectivity index (χ1n) is 5.77. The van der Waals surface area contributed by atoms with Crippen molar-refractivity contribution in [1.29, 1.82) is 0 Å². The van der Waals surface area contributed by atoms with Crippen molar-refractivity contribution in [3.05, 3.63) is 34.2 Å². The molecule has 0 aliphatic carbocycles. The molecular weight excluding hydrogens is 218 g/mol. The summed E-state index contributed by atoms with van der Waals surface area (Å²) in [6.07, 6.45) is 2.83. The lowest BCUT2D eigenvalue weighted by molar-refractivity contribution is -0.121. The normalized spacial score (nSPS) is 10.2. The number of hydrogen-bond donors (Lipinski definition) is 2. The molecule has 0 spiro atoms. The minimum Gasteiger partial charge on any atom is -0.355 e. The van der Waals surface area contributed by atoms with Gasteiger partial charge in [0.2, 0.25) is 5.91 Å². The molecule has 94 valence electrons. The van der Waals surface area contributed by atoms with Crippen LogP contribution >= 0.6 is 0 Å². The highest BCUT2D eigenvalue weighted by molar-refractivity contribution is 5.75. The van der Waals surface area contributed by atoms with E-state index in [1.165, 1.54) is 0 Å². The molecule has 0 aromatic carbocycles. The standard InChI is InChI=1S/C12H19N3O2/c1-10-4-8-15(12(17)9-10)7-2-3-11(16)14-6-5-13/h4,8-9H,2-3,5-7,13H2,1H3,(H,14,16). The van der Waals surface area contributed by atoms with Gasteiger partial charge in [0.25, 0.3) is 5.56 Å². The van der Waals surface area contributed by atoms with E-state index in [0.717, 1.165) is 5.56 Å². The van der Waals surface area contributed by atoms with Crippen LogP contribution in [-0.4, -0.2) is 23.6 Å². The molecule has 0 fully saturated rings. The van der Waals surface area contributed by atoms with Gasteiger partial charge in [-0.1, -0.05) is 0 Å². The third-order valence-electron chi connectivity index (χ3n) is 2.42. The number of pyridine rings is 1. The van der Waals surface area contributed by atoms with E-state index in [-0.39, 0.29) is 11.5 Å². The smallest absolute Gasteiger partial charge is 0.250 e. The fourth-order valence-electron chi connectivity index (χ4n) is 1.50. The lowest BCUT2D eigenvalue weighted by Crippen LogP contribution is -2.29. The van der Waals surface area contributed by atoms with E-state index in [9.17, 15) is 9.59 Å². The number of aromatic nitrogens is 1. The third-order valence-corrected chi connectivity index (χ3v) is 2.42. The molecule has 0 saturated heterocycles. The minimum absolute atomic E-state index is 0.0180. The maximum Gasteiger partial charge on any atom is 0.250 e. The second kappa shape index (κ2) is 6.85. The number of rotatable bonds is 6. The molecule has 1 aromatic rings. The van der Waals surface area contributed by atoms with Gasteiger partial charge in [0.1, 0.15) is 0 Å². The summed E-state index contributed by atoms with van der Waals surface area (Å²) in [7, 11) is 0. The van der Waals surface area contributed by atoms with Gasteiger partial charge >= 0.3 is 0 Å². The molecule has 1 rings (SSSR count). The molecule has 3 N–H and O–H groups in total. The van der Waals surface area contributed by atoms with Crippen molar-refractivity contribution in [3.63, 3.8) is 0 Å². The lowest BCUT2D eigenvalue weighted by Gasteiger charge is -2.06. The molecule has 0 radical (unpaired) electrons. The first kappa shape index (κ1) is 13.4. The molecule has 0 unspecified atom stereocenters. The minimum atomic E-state index is -0.0210. The molecule has 1 heterocycles. The second-order valence-electron chi connectivity index (χ2n) is 3.98. The van der Waals surface area contributed by atoms with Gasteiger partial charge in [0.15, 0.2) is 0 Å². The van der Waals surface area contributed by atoms with Crippen LogP contribution in [0.4, 0.5) is 0 Å². The summed E-state index contributed by atoms with van der Waals surface area (Å²) in [6.45, 7) is 3.40. The van der Waals surface area contributed by atoms with Crippen molar-refractivity contribution < 1.29 is 4.79 Å². The van der Waals surface area contributed by atoms with E-state index in [0.29, 0.717) is 32.5 Å². The first-order chi connectivity index (χ1) is 8.13. The van der Waals surface area contributed by atoms with E-state index in [2.05, 4.69) is 5.32 Å². The average molecular weight is 237 g/mol. The van der Waals surface area contributed by atoms with E-state index in [1.807, 2.05) is 13.0 Å². The fraction of sp³-hybridized carbons (Fsp3) is 0.500. The lowest BCUT2D eigenvalue weighted by atomic mass is 10.2. The summed E-state index contributed by atoms with van der Waals surface area (Å²) < 4.78 is 1.61. The van der Waals surface area contributed by atoms with Gasteiger partial charge in [-0.15, -0.1) is 0 Å².